The SMILES string of the molecule is CN(C)C(=O)c1cccc(NS(=O)(=O)[C@H]2CCN(C(=O)OCc3ccccc3)C2)c1. The van der Waals surface area contributed by atoms with E-state index in [1.807, 2.05) is 30.3 Å². The second kappa shape index (κ2) is 9.17. The number of hydrogen-bond donors (Lipinski definition) is 1. The summed E-state index contributed by atoms with van der Waals surface area (Å²) in [6.45, 7) is 0.496. The fourth-order valence-electron chi connectivity index (χ4n) is 3.18. The highest BCUT2D eigenvalue weighted by atomic mass is 32.2. The lowest BCUT2D eigenvalue weighted by atomic mass is 10.2. The van der Waals surface area contributed by atoms with Gasteiger partial charge in [0.2, 0.25) is 10.0 Å². The van der Waals surface area contributed by atoms with Crippen LogP contribution in [-0.2, 0) is 21.4 Å². The number of hydrogen-bond acceptors (Lipinski definition) is 5. The quantitative estimate of drug-likeness (QED) is 0.758. The van der Waals surface area contributed by atoms with Crippen molar-refractivity contribution in [2.45, 2.75) is 18.3 Å². The largest absolute Gasteiger partial charge is 0.445 e. The first kappa shape index (κ1) is 21.6. The molecule has 1 aliphatic rings. The fraction of sp³-hybridized carbons (Fsp3) is 0.333. The monoisotopic (exact) mass is 431 g/mol. The molecule has 1 atom stereocenters. The summed E-state index contributed by atoms with van der Waals surface area (Å²) in [5.74, 6) is -0.218. The van der Waals surface area contributed by atoms with Crippen molar-refractivity contribution < 1.29 is 22.7 Å². The molecule has 2 aromatic carbocycles. The van der Waals surface area contributed by atoms with E-state index in [9.17, 15) is 18.0 Å². The molecule has 3 rings (SSSR count). The van der Waals surface area contributed by atoms with Crippen LogP contribution in [0.25, 0.3) is 0 Å². The van der Waals surface area contributed by atoms with E-state index in [1.54, 1.807) is 32.3 Å². The van der Waals surface area contributed by atoms with E-state index >= 15 is 0 Å². The van der Waals surface area contributed by atoms with Gasteiger partial charge in [0.1, 0.15) is 6.61 Å². The smallest absolute Gasteiger partial charge is 0.410 e. The zero-order chi connectivity index (χ0) is 21.7. The summed E-state index contributed by atoms with van der Waals surface area (Å²) in [5, 5.41) is -0.755. The maximum atomic E-state index is 12.8. The van der Waals surface area contributed by atoms with Gasteiger partial charge in [-0.3, -0.25) is 9.52 Å². The van der Waals surface area contributed by atoms with Crippen molar-refractivity contribution in [1.82, 2.24) is 9.80 Å². The van der Waals surface area contributed by atoms with Crippen molar-refractivity contribution in [3.05, 3.63) is 65.7 Å². The van der Waals surface area contributed by atoms with Gasteiger partial charge >= 0.3 is 6.09 Å². The number of ether oxygens (including phenoxy) is 1. The number of carbonyl (C=O) groups is 2. The normalized spacial score (nSPS) is 16.2. The fourth-order valence-corrected chi connectivity index (χ4v) is 4.59. The third kappa shape index (κ3) is 5.29. The topological polar surface area (TPSA) is 96.0 Å². The Balaban J connectivity index is 1.59. The lowest BCUT2D eigenvalue weighted by Gasteiger charge is -2.17. The van der Waals surface area contributed by atoms with Crippen LogP contribution in [0.4, 0.5) is 10.5 Å². The Morgan fingerprint density at radius 1 is 1.13 bits per heavy atom. The number of carbonyl (C=O) groups excluding carboxylic acids is 2. The lowest BCUT2D eigenvalue weighted by molar-refractivity contribution is 0.0827. The molecule has 30 heavy (non-hydrogen) atoms. The Bertz CT molecular complexity index is 1010. The van der Waals surface area contributed by atoms with Crippen molar-refractivity contribution in [2.75, 3.05) is 31.9 Å². The molecule has 1 saturated heterocycles. The molecule has 2 aromatic rings. The van der Waals surface area contributed by atoms with Crippen LogP contribution in [0.2, 0.25) is 0 Å². The second-order valence-corrected chi connectivity index (χ2v) is 9.29. The number of benzene rings is 2. The molecular formula is C21H25N3O5S. The zero-order valence-electron chi connectivity index (χ0n) is 16.9. The highest BCUT2D eigenvalue weighted by molar-refractivity contribution is 7.93. The predicted octanol–water partition coefficient (Wildman–Crippen LogP) is 2.54. The zero-order valence-corrected chi connectivity index (χ0v) is 17.8. The minimum Gasteiger partial charge on any atom is -0.445 e. The molecule has 160 valence electrons. The van der Waals surface area contributed by atoms with Crippen LogP contribution in [0.3, 0.4) is 0 Å². The Morgan fingerprint density at radius 3 is 2.57 bits per heavy atom. The summed E-state index contributed by atoms with van der Waals surface area (Å²) < 4.78 is 33.4. The van der Waals surface area contributed by atoms with Crippen LogP contribution >= 0.6 is 0 Å². The molecule has 0 saturated carbocycles. The Labute approximate surface area is 176 Å². The third-order valence-corrected chi connectivity index (χ3v) is 6.61. The molecule has 0 bridgehead atoms. The molecule has 1 heterocycles. The van der Waals surface area contributed by atoms with Crippen molar-refractivity contribution in [1.29, 1.82) is 0 Å². The van der Waals surface area contributed by atoms with E-state index in [2.05, 4.69) is 4.72 Å². The van der Waals surface area contributed by atoms with Crippen LogP contribution in [-0.4, -0.2) is 62.7 Å². The first-order valence-electron chi connectivity index (χ1n) is 9.55. The lowest BCUT2D eigenvalue weighted by Crippen LogP contribution is -2.34. The van der Waals surface area contributed by atoms with Gasteiger partial charge in [0.05, 0.1) is 5.25 Å². The molecule has 0 aromatic heterocycles. The molecule has 9 heteroatoms. The van der Waals surface area contributed by atoms with Crippen molar-refractivity contribution in [3.63, 3.8) is 0 Å². The summed E-state index contributed by atoms with van der Waals surface area (Å²) in [6.07, 6.45) is -0.221. The maximum Gasteiger partial charge on any atom is 0.410 e. The van der Waals surface area contributed by atoms with E-state index in [4.69, 9.17) is 4.74 Å². The summed E-state index contributed by atoms with van der Waals surface area (Å²) in [4.78, 5) is 27.2. The first-order valence-corrected chi connectivity index (χ1v) is 11.1. The van der Waals surface area contributed by atoms with Crippen molar-refractivity contribution in [2.24, 2.45) is 0 Å². The van der Waals surface area contributed by atoms with Gasteiger partial charge in [-0.1, -0.05) is 36.4 Å². The van der Waals surface area contributed by atoms with Gasteiger partial charge in [-0.15, -0.1) is 0 Å². The van der Waals surface area contributed by atoms with E-state index < -0.39 is 21.4 Å². The molecule has 0 aliphatic carbocycles. The van der Waals surface area contributed by atoms with E-state index in [0.717, 1.165) is 5.56 Å². The van der Waals surface area contributed by atoms with Crippen LogP contribution < -0.4 is 4.72 Å². The molecule has 1 fully saturated rings. The van der Waals surface area contributed by atoms with Crippen molar-refractivity contribution >= 4 is 27.7 Å². The van der Waals surface area contributed by atoms with Crippen LogP contribution in [0.5, 0.6) is 0 Å². The Morgan fingerprint density at radius 2 is 1.87 bits per heavy atom. The molecule has 0 unspecified atom stereocenters. The van der Waals surface area contributed by atoms with Gasteiger partial charge in [0, 0.05) is 38.4 Å². The number of nitrogens with one attached hydrogen (secondary N) is 1. The molecule has 0 radical (unpaired) electrons. The molecule has 1 N–H and O–H groups in total. The molecule has 2 amide bonds. The number of anilines is 1. The van der Waals surface area contributed by atoms with Gasteiger partial charge < -0.3 is 14.5 Å². The van der Waals surface area contributed by atoms with Crippen LogP contribution in [0, 0.1) is 0 Å². The third-order valence-electron chi connectivity index (χ3n) is 4.82. The first-order chi connectivity index (χ1) is 14.3. The number of likely N-dealkylation sites (tertiary alicyclic amines) is 1. The summed E-state index contributed by atoms with van der Waals surface area (Å²) in [5.41, 5.74) is 1.56. The van der Waals surface area contributed by atoms with Gasteiger partial charge in [0.15, 0.2) is 0 Å². The van der Waals surface area contributed by atoms with Gasteiger partial charge in [-0.25, -0.2) is 13.2 Å². The number of nitrogens with zero attached hydrogens (tertiary/aromatic N) is 2. The molecule has 0 spiro atoms. The highest BCUT2D eigenvalue weighted by Crippen LogP contribution is 2.22. The van der Waals surface area contributed by atoms with Gasteiger partial charge in [-0.2, -0.15) is 0 Å². The molecular weight excluding hydrogens is 406 g/mol. The average Bonchev–Trinajstić information content (AvgIpc) is 3.23. The number of amides is 2. The minimum absolute atomic E-state index is 0.0548. The van der Waals surface area contributed by atoms with E-state index in [0.29, 0.717) is 24.2 Å². The van der Waals surface area contributed by atoms with E-state index in [-0.39, 0.29) is 19.1 Å². The Kier molecular flexibility index (Phi) is 6.61. The van der Waals surface area contributed by atoms with Gasteiger partial charge in [0.25, 0.3) is 5.91 Å². The number of rotatable bonds is 6. The maximum absolute atomic E-state index is 12.8. The van der Waals surface area contributed by atoms with Gasteiger partial charge in [-0.05, 0) is 30.2 Å². The second-order valence-electron chi connectivity index (χ2n) is 7.32. The summed E-state index contributed by atoms with van der Waals surface area (Å²) >= 11 is 0. The van der Waals surface area contributed by atoms with E-state index in [1.165, 1.54) is 15.9 Å². The summed E-state index contributed by atoms with van der Waals surface area (Å²) in [6, 6.07) is 15.6. The predicted molar refractivity (Wildman–Crippen MR) is 114 cm³/mol. The van der Waals surface area contributed by atoms with Crippen LogP contribution in [0.1, 0.15) is 22.3 Å². The van der Waals surface area contributed by atoms with Crippen LogP contribution in [0.15, 0.2) is 54.6 Å². The molecule has 1 aliphatic heterocycles. The minimum atomic E-state index is -3.73. The van der Waals surface area contributed by atoms with Crippen molar-refractivity contribution in [3.8, 4) is 0 Å². The standard InChI is InChI=1S/C21H25N3O5S/c1-23(2)20(25)17-9-6-10-18(13-17)22-30(27,28)19-11-12-24(14-19)21(26)29-15-16-7-4-3-5-8-16/h3-10,13,19,22H,11-12,14-15H2,1-2H3/t19-/m0/s1. The average molecular weight is 432 g/mol. The number of sulfonamides is 1. The summed E-state index contributed by atoms with van der Waals surface area (Å²) in [7, 11) is -0.477. The molecule has 8 nitrogen and oxygen atoms in total. The Hall–Kier alpha value is -3.07. The highest BCUT2D eigenvalue weighted by Gasteiger charge is 2.36.